The first kappa shape index (κ1) is 24.2. The number of nitrogen functional groups attached to an aromatic ring is 1. The van der Waals surface area contributed by atoms with Gasteiger partial charge in [0, 0.05) is 61.4 Å². The van der Waals surface area contributed by atoms with E-state index in [2.05, 4.69) is 16.0 Å². The molecule has 9 heteroatoms. The zero-order valence-electron chi connectivity index (χ0n) is 23.0. The third-order valence-electron chi connectivity index (χ3n) is 8.89. The molecule has 2 amide bonds. The molecule has 0 bridgehead atoms. The highest BCUT2D eigenvalue weighted by Crippen LogP contribution is 2.55. The molecular formula is C30H34N6O3. The van der Waals surface area contributed by atoms with Gasteiger partial charge in [-0.15, -0.1) is 0 Å². The quantitative estimate of drug-likeness (QED) is 0.530. The van der Waals surface area contributed by atoms with E-state index in [1.54, 1.807) is 9.80 Å². The molecule has 4 aliphatic rings. The molecule has 202 valence electrons. The highest BCUT2D eigenvalue weighted by Gasteiger charge is 2.55. The maximum atomic E-state index is 13.2. The third-order valence-corrected chi connectivity index (χ3v) is 8.89. The van der Waals surface area contributed by atoms with Crippen LogP contribution in [0.15, 0.2) is 36.7 Å². The van der Waals surface area contributed by atoms with Crippen molar-refractivity contribution in [3.05, 3.63) is 42.2 Å². The van der Waals surface area contributed by atoms with Gasteiger partial charge in [0.1, 0.15) is 5.60 Å². The SMILES string of the molecule is CN1C(=O)C2(CCC2)c2c1cnc1ccc(-c3cnc(N4CC5(CN(C(=O)OC(C)(C)C)C5)C4)c(N)c3)cc21. The molecule has 5 heterocycles. The number of hydrogen-bond acceptors (Lipinski definition) is 7. The topological polar surface area (TPSA) is 105 Å². The Morgan fingerprint density at radius 2 is 1.77 bits per heavy atom. The standard InChI is InChI=1S/C30H34N6O3/c1-28(2,3)39-27(38)36-16-29(17-36)14-35(15-29)25-21(31)11-19(12-33-25)18-6-7-22-20(10-18)24-23(13-32-22)34(4)26(37)30(24)8-5-9-30/h6-7,10-13H,5,8-9,14-17,31H2,1-4H3. The number of anilines is 3. The summed E-state index contributed by atoms with van der Waals surface area (Å²) in [6, 6.07) is 8.19. The second kappa shape index (κ2) is 7.83. The van der Waals surface area contributed by atoms with Crippen LogP contribution in [0.2, 0.25) is 0 Å². The van der Waals surface area contributed by atoms with Crippen LogP contribution < -0.4 is 15.5 Å². The molecular weight excluding hydrogens is 492 g/mol. The van der Waals surface area contributed by atoms with E-state index in [1.807, 2.05) is 58.4 Å². The molecule has 1 saturated carbocycles. The number of likely N-dealkylation sites (N-methyl/N-ethyl adjacent to an activating group) is 1. The van der Waals surface area contributed by atoms with Crippen LogP contribution in [-0.2, 0) is 14.9 Å². The first-order valence-electron chi connectivity index (χ1n) is 13.7. The Kier molecular flexibility index (Phi) is 4.86. The Morgan fingerprint density at radius 1 is 1.03 bits per heavy atom. The maximum absolute atomic E-state index is 13.2. The number of pyridine rings is 2. The summed E-state index contributed by atoms with van der Waals surface area (Å²) in [5.41, 5.74) is 11.2. The van der Waals surface area contributed by atoms with Crippen LogP contribution in [-0.4, -0.2) is 65.7 Å². The maximum Gasteiger partial charge on any atom is 0.410 e. The van der Waals surface area contributed by atoms with Crippen LogP contribution in [0.25, 0.3) is 22.0 Å². The van der Waals surface area contributed by atoms with E-state index in [4.69, 9.17) is 15.5 Å². The Morgan fingerprint density at radius 3 is 2.41 bits per heavy atom. The zero-order chi connectivity index (χ0) is 27.3. The lowest BCUT2D eigenvalue weighted by Gasteiger charge is -2.60. The Bertz CT molecular complexity index is 1540. The van der Waals surface area contributed by atoms with Gasteiger partial charge in [0.2, 0.25) is 5.91 Å². The molecule has 3 aliphatic heterocycles. The molecule has 2 saturated heterocycles. The molecule has 2 spiro atoms. The lowest BCUT2D eigenvalue weighted by molar-refractivity contribution is -0.125. The van der Waals surface area contributed by atoms with Gasteiger partial charge < -0.3 is 25.2 Å². The van der Waals surface area contributed by atoms with Gasteiger partial charge in [-0.05, 0) is 57.4 Å². The minimum atomic E-state index is -0.487. The predicted molar refractivity (Wildman–Crippen MR) is 151 cm³/mol. The Labute approximate surface area is 227 Å². The van der Waals surface area contributed by atoms with Crippen molar-refractivity contribution in [1.82, 2.24) is 14.9 Å². The van der Waals surface area contributed by atoms with Gasteiger partial charge in [-0.2, -0.15) is 0 Å². The Hall–Kier alpha value is -3.88. The molecule has 0 unspecified atom stereocenters. The molecule has 7 rings (SSSR count). The molecule has 1 aliphatic carbocycles. The van der Waals surface area contributed by atoms with Gasteiger partial charge in [0.15, 0.2) is 5.82 Å². The number of fused-ring (bicyclic) bond motifs is 4. The van der Waals surface area contributed by atoms with Crippen molar-refractivity contribution < 1.29 is 14.3 Å². The highest BCUT2D eigenvalue weighted by molar-refractivity contribution is 6.13. The number of ether oxygens (including phenoxy) is 1. The van der Waals surface area contributed by atoms with E-state index in [9.17, 15) is 9.59 Å². The molecule has 1 aromatic carbocycles. The van der Waals surface area contributed by atoms with Crippen molar-refractivity contribution in [1.29, 1.82) is 0 Å². The zero-order valence-corrected chi connectivity index (χ0v) is 23.0. The van der Waals surface area contributed by atoms with Gasteiger partial charge in [-0.3, -0.25) is 9.78 Å². The molecule has 3 fully saturated rings. The molecule has 2 N–H and O–H groups in total. The molecule has 39 heavy (non-hydrogen) atoms. The van der Waals surface area contributed by atoms with Crippen molar-refractivity contribution in [3.63, 3.8) is 0 Å². The summed E-state index contributed by atoms with van der Waals surface area (Å²) in [5.74, 6) is 0.968. The molecule has 0 radical (unpaired) electrons. The lowest BCUT2D eigenvalue weighted by atomic mass is 9.64. The van der Waals surface area contributed by atoms with Crippen molar-refractivity contribution in [2.24, 2.45) is 5.41 Å². The van der Waals surface area contributed by atoms with Crippen molar-refractivity contribution >= 4 is 40.1 Å². The smallest absolute Gasteiger partial charge is 0.410 e. The first-order chi connectivity index (χ1) is 18.5. The number of carbonyl (C=O) groups is 2. The number of amides is 2. The summed E-state index contributed by atoms with van der Waals surface area (Å²) < 4.78 is 5.49. The highest BCUT2D eigenvalue weighted by atomic mass is 16.6. The first-order valence-corrected chi connectivity index (χ1v) is 13.7. The van der Waals surface area contributed by atoms with Crippen LogP contribution in [0, 0.1) is 5.41 Å². The molecule has 3 aromatic rings. The summed E-state index contributed by atoms with van der Waals surface area (Å²) in [4.78, 5) is 40.6. The number of likely N-dealkylation sites (tertiary alicyclic amines) is 1. The monoisotopic (exact) mass is 526 g/mol. The molecule has 9 nitrogen and oxygen atoms in total. The number of aromatic nitrogens is 2. The van der Waals surface area contributed by atoms with Gasteiger partial charge in [-0.1, -0.05) is 12.5 Å². The summed E-state index contributed by atoms with van der Waals surface area (Å²) in [5, 5.41) is 1.04. The Balaban J connectivity index is 1.11. The predicted octanol–water partition coefficient (Wildman–Crippen LogP) is 4.33. The second-order valence-corrected chi connectivity index (χ2v) is 12.9. The number of hydrogen-bond donors (Lipinski definition) is 1. The van der Waals surface area contributed by atoms with Crippen LogP contribution in [0.3, 0.4) is 0 Å². The van der Waals surface area contributed by atoms with Crippen LogP contribution >= 0.6 is 0 Å². The minimum Gasteiger partial charge on any atom is -0.444 e. The van der Waals surface area contributed by atoms with E-state index in [-0.39, 0.29) is 17.4 Å². The second-order valence-electron chi connectivity index (χ2n) is 12.9. The van der Waals surface area contributed by atoms with Crippen LogP contribution in [0.1, 0.15) is 45.6 Å². The van der Waals surface area contributed by atoms with Gasteiger partial charge in [0.05, 0.1) is 28.5 Å². The molecule has 2 aromatic heterocycles. The fourth-order valence-corrected chi connectivity index (χ4v) is 6.88. The summed E-state index contributed by atoms with van der Waals surface area (Å²) in [6.45, 7) is 8.69. The number of benzene rings is 1. The number of nitrogens with two attached hydrogens (primary N) is 1. The summed E-state index contributed by atoms with van der Waals surface area (Å²) in [6.07, 6.45) is 6.32. The van der Waals surface area contributed by atoms with Crippen molar-refractivity contribution in [2.75, 3.05) is 48.8 Å². The van der Waals surface area contributed by atoms with E-state index >= 15 is 0 Å². The van der Waals surface area contributed by atoms with Crippen LogP contribution in [0.4, 0.5) is 22.0 Å². The average molecular weight is 527 g/mol. The lowest BCUT2D eigenvalue weighted by Crippen LogP contribution is -2.73. The largest absolute Gasteiger partial charge is 0.444 e. The third kappa shape index (κ3) is 3.51. The number of rotatable bonds is 2. The van der Waals surface area contributed by atoms with E-state index < -0.39 is 11.0 Å². The van der Waals surface area contributed by atoms with E-state index in [0.29, 0.717) is 18.8 Å². The number of nitrogens with zero attached hydrogens (tertiary/aromatic N) is 5. The average Bonchev–Trinajstić information content (AvgIpc) is 3.04. The minimum absolute atomic E-state index is 0.0947. The molecule has 0 atom stereocenters. The normalized spacial score (nSPS) is 20.6. The van der Waals surface area contributed by atoms with Crippen molar-refractivity contribution in [2.45, 2.75) is 51.0 Å². The van der Waals surface area contributed by atoms with E-state index in [0.717, 1.165) is 71.5 Å². The van der Waals surface area contributed by atoms with Gasteiger partial charge in [-0.25, -0.2) is 9.78 Å². The van der Waals surface area contributed by atoms with Gasteiger partial charge >= 0.3 is 6.09 Å². The van der Waals surface area contributed by atoms with Crippen LogP contribution in [0.5, 0.6) is 0 Å². The summed E-state index contributed by atoms with van der Waals surface area (Å²) >= 11 is 0. The number of carbonyl (C=O) groups excluding carboxylic acids is 2. The van der Waals surface area contributed by atoms with Crippen molar-refractivity contribution in [3.8, 4) is 11.1 Å². The van der Waals surface area contributed by atoms with E-state index in [1.165, 1.54) is 0 Å². The fourth-order valence-electron chi connectivity index (χ4n) is 6.88. The van der Waals surface area contributed by atoms with Gasteiger partial charge in [0.25, 0.3) is 0 Å². The summed E-state index contributed by atoms with van der Waals surface area (Å²) in [7, 11) is 1.85. The fraction of sp³-hybridized carbons (Fsp3) is 0.467.